The predicted octanol–water partition coefficient (Wildman–Crippen LogP) is 12.4. The van der Waals surface area contributed by atoms with E-state index in [-0.39, 0.29) is 16.5 Å². The average Bonchev–Trinajstić information content (AvgIpc) is 3.08. The Morgan fingerprint density at radius 2 is 0.940 bits per heavy atom. The Labute approximate surface area is 316 Å². The van der Waals surface area contributed by atoms with E-state index in [2.05, 4.69) is 77.2 Å². The van der Waals surface area contributed by atoms with E-state index >= 15 is 0 Å². The van der Waals surface area contributed by atoms with Gasteiger partial charge < -0.3 is 10.2 Å². The Morgan fingerprint density at radius 1 is 0.520 bits per heavy atom. The second-order valence-corrected chi connectivity index (χ2v) is 13.8. The first kappa shape index (κ1) is 45.1. The van der Waals surface area contributed by atoms with Crippen molar-refractivity contribution in [3.8, 4) is 11.5 Å². The molecule has 278 valence electrons. The van der Waals surface area contributed by atoms with E-state index in [0.717, 1.165) is 61.2 Å². The predicted molar refractivity (Wildman–Crippen MR) is 211 cm³/mol. The van der Waals surface area contributed by atoms with Crippen molar-refractivity contribution in [2.75, 3.05) is 0 Å². The number of aryl methyl sites for hydroxylation is 5. The molecule has 0 aromatic heterocycles. The van der Waals surface area contributed by atoms with Gasteiger partial charge in [0.05, 0.1) is 17.1 Å². The van der Waals surface area contributed by atoms with Crippen LogP contribution in [0.3, 0.4) is 0 Å². The molecule has 3 aromatic rings. The number of aliphatic imine (C=N–C) groups is 2. The van der Waals surface area contributed by atoms with Gasteiger partial charge in [0.1, 0.15) is 0 Å². The van der Waals surface area contributed by atoms with Gasteiger partial charge in [0.15, 0.2) is 0 Å². The fraction of sp³-hybridized carbons (Fsp3) is 0.556. The number of nitrogens with zero attached hydrogens (tertiary/aromatic N) is 2. The second-order valence-electron chi connectivity index (χ2n) is 13.8. The van der Waals surface area contributed by atoms with Crippen molar-refractivity contribution in [1.29, 1.82) is 0 Å². The van der Waals surface area contributed by atoms with Gasteiger partial charge in [0.2, 0.25) is 0 Å². The third-order valence-corrected chi connectivity index (χ3v) is 8.87. The Hall–Kier alpha value is -2.91. The van der Waals surface area contributed by atoms with Gasteiger partial charge in [-0.3, -0.25) is 9.98 Å². The van der Waals surface area contributed by atoms with Gasteiger partial charge in [-0.2, -0.15) is 0 Å². The van der Waals surface area contributed by atoms with Gasteiger partial charge in [0.25, 0.3) is 0 Å². The maximum Gasteiger partial charge on any atom is 2.00 e. The number of benzene rings is 3. The van der Waals surface area contributed by atoms with Crippen LogP contribution in [0.4, 0.5) is 11.4 Å². The minimum atomic E-state index is -0.430. The Balaban J connectivity index is 0.00000108. The molecule has 0 saturated carbocycles. The molecular weight excluding hydrogens is 659 g/mol. The minimum Gasteiger partial charge on any atom is -0.873 e. The van der Waals surface area contributed by atoms with Gasteiger partial charge in [-0.1, -0.05) is 128 Å². The Kier molecular flexibility index (Phi) is 25.1. The first-order chi connectivity index (χ1) is 23.8. The molecule has 4 nitrogen and oxygen atoms in total. The molecule has 0 heterocycles. The number of rotatable bonds is 22. The fourth-order valence-electron chi connectivity index (χ4n) is 5.96. The molecule has 50 heavy (non-hydrogen) atoms. The summed E-state index contributed by atoms with van der Waals surface area (Å²) in [6, 6.07) is 18.4. The summed E-state index contributed by atoms with van der Waals surface area (Å²) in [5, 5.41) is 21.0. The largest absolute Gasteiger partial charge is 2.00 e. The zero-order valence-corrected chi connectivity index (χ0v) is 33.2. The summed E-state index contributed by atoms with van der Waals surface area (Å²) >= 11 is 0. The monoisotopic (exact) mass is 724 g/mol. The van der Waals surface area contributed by atoms with Crippen LogP contribution in [-0.2, 0) is 42.2 Å². The van der Waals surface area contributed by atoms with Crippen LogP contribution in [0.2, 0.25) is 0 Å². The zero-order chi connectivity index (χ0) is 35.7. The van der Waals surface area contributed by atoms with E-state index in [1.165, 1.54) is 118 Å². The summed E-state index contributed by atoms with van der Waals surface area (Å²) in [6.45, 7) is 13.2. The van der Waals surface area contributed by atoms with E-state index in [1.807, 2.05) is 0 Å². The number of hydrogen-bond acceptors (Lipinski definition) is 4. The van der Waals surface area contributed by atoms with Crippen molar-refractivity contribution in [2.24, 2.45) is 9.98 Å². The third kappa shape index (κ3) is 19.5. The molecular formula is C45H66N2NiO2. The van der Waals surface area contributed by atoms with Crippen molar-refractivity contribution in [1.82, 2.24) is 0 Å². The summed E-state index contributed by atoms with van der Waals surface area (Å²) < 4.78 is 0. The average molecular weight is 726 g/mol. The molecule has 0 aliphatic heterocycles. The van der Waals surface area contributed by atoms with Crippen LogP contribution in [0, 0.1) is 6.92 Å². The van der Waals surface area contributed by atoms with Crippen molar-refractivity contribution < 1.29 is 26.7 Å². The smallest absolute Gasteiger partial charge is 0.873 e. The van der Waals surface area contributed by atoms with Crippen molar-refractivity contribution >= 4 is 23.3 Å². The van der Waals surface area contributed by atoms with Gasteiger partial charge in [-0.15, -0.1) is 11.5 Å². The number of unbranched alkanes of at least 4 members (excludes halogenated alkanes) is 9. The standard InChI is InChI=1S/C38H60N2.C7H8O2.Ni/c1-6-11-16-20-32-25-33(21-17-12-7-2)28-37(27-32)39-31-36(24-15-10-5)40-38-29-34(22-18-13-8-3)26-35(30-38)23-19-14-9-4;1-5-2-3-6(8)7(9)4-5;/h25-31H,6-24H2,1-5H3;2-4,8-9H,1H3;/q;;+2/p-2. The Morgan fingerprint density at radius 3 is 1.32 bits per heavy atom. The van der Waals surface area contributed by atoms with Crippen LogP contribution < -0.4 is 10.2 Å². The molecule has 3 rings (SSSR count). The molecule has 0 N–H and O–H groups in total. The molecule has 0 unspecified atom stereocenters. The molecule has 0 atom stereocenters. The summed E-state index contributed by atoms with van der Waals surface area (Å²) in [5.41, 5.74) is 9.94. The van der Waals surface area contributed by atoms with E-state index in [4.69, 9.17) is 9.98 Å². The minimum absolute atomic E-state index is 0. The van der Waals surface area contributed by atoms with Crippen molar-refractivity contribution in [2.45, 2.75) is 164 Å². The summed E-state index contributed by atoms with van der Waals surface area (Å²) in [6.07, 6.45) is 25.2. The van der Waals surface area contributed by atoms with Crippen LogP contribution in [0.5, 0.6) is 11.5 Å². The van der Waals surface area contributed by atoms with Crippen LogP contribution >= 0.6 is 0 Å². The molecule has 3 aromatic carbocycles. The zero-order valence-electron chi connectivity index (χ0n) is 32.2. The van der Waals surface area contributed by atoms with E-state index in [1.54, 1.807) is 13.0 Å². The maximum absolute atomic E-state index is 10.5. The van der Waals surface area contributed by atoms with Crippen LogP contribution in [0.15, 0.2) is 64.6 Å². The molecule has 5 heteroatoms. The number of hydrogen-bond donors (Lipinski definition) is 0. The Bertz CT molecular complexity index is 1340. The summed E-state index contributed by atoms with van der Waals surface area (Å²) in [7, 11) is 0. The van der Waals surface area contributed by atoms with Crippen LogP contribution in [0.25, 0.3) is 0 Å². The van der Waals surface area contributed by atoms with E-state index in [9.17, 15) is 10.2 Å². The molecule has 0 bridgehead atoms. The van der Waals surface area contributed by atoms with E-state index < -0.39 is 11.5 Å². The van der Waals surface area contributed by atoms with Gasteiger partial charge in [0, 0.05) is 6.21 Å². The quantitative estimate of drug-likeness (QED) is 0.0588. The molecule has 0 spiro atoms. The molecule has 0 radical (unpaired) electrons. The second kappa shape index (κ2) is 27.8. The summed E-state index contributed by atoms with van der Waals surface area (Å²) in [5.74, 6) is -0.851. The molecule has 0 amide bonds. The van der Waals surface area contributed by atoms with Crippen LogP contribution in [-0.4, -0.2) is 11.9 Å². The molecule has 0 saturated heterocycles. The van der Waals surface area contributed by atoms with Gasteiger partial charge in [-0.05, 0) is 118 Å². The normalized spacial score (nSPS) is 11.4. The van der Waals surface area contributed by atoms with Crippen molar-refractivity contribution in [3.63, 3.8) is 0 Å². The maximum atomic E-state index is 10.5. The third-order valence-electron chi connectivity index (χ3n) is 8.87. The molecule has 0 aliphatic rings. The van der Waals surface area contributed by atoms with Gasteiger partial charge in [-0.25, -0.2) is 0 Å². The molecule has 0 fully saturated rings. The van der Waals surface area contributed by atoms with Gasteiger partial charge >= 0.3 is 16.5 Å². The topological polar surface area (TPSA) is 70.8 Å². The SMILES string of the molecule is CCCCCc1cc(CCCCC)cc(N=CC(CCCC)=Nc2cc(CCCCC)cc(CCCCC)c2)c1.Cc1ccc([O-])c([O-])c1.[Ni+2]. The van der Waals surface area contributed by atoms with Crippen molar-refractivity contribution in [3.05, 3.63) is 82.4 Å². The fourth-order valence-corrected chi connectivity index (χ4v) is 5.96. The first-order valence-corrected chi connectivity index (χ1v) is 19.6. The molecule has 0 aliphatic carbocycles. The summed E-state index contributed by atoms with van der Waals surface area (Å²) in [4.78, 5) is 10.3. The van der Waals surface area contributed by atoms with Crippen LogP contribution in [0.1, 0.15) is 159 Å². The van der Waals surface area contributed by atoms with E-state index in [0.29, 0.717) is 0 Å². The first-order valence-electron chi connectivity index (χ1n) is 19.6.